The number of halogens is 1. The number of carbonyl (C=O) groups is 1. The van der Waals surface area contributed by atoms with Crippen molar-refractivity contribution in [1.82, 2.24) is 10.2 Å². The number of alkyl halides is 1. The van der Waals surface area contributed by atoms with E-state index in [9.17, 15) is 19.6 Å². The molecule has 31 heavy (non-hydrogen) atoms. The normalized spacial score (nSPS) is 39.1. The Bertz CT molecular complexity index is 1110. The van der Waals surface area contributed by atoms with E-state index in [-0.39, 0.29) is 23.9 Å². The van der Waals surface area contributed by atoms with E-state index in [4.69, 9.17) is 27.2 Å². The van der Waals surface area contributed by atoms with Crippen LogP contribution in [0.5, 0.6) is 11.5 Å². The SMILES string of the molecule is [2H]C([2H])(OP1(=O)OCc2cccc(OC)c2O1)[C@@]1(F)O[C@@]([2H])(N2C=CC(=O)NC2=C)[C@H](O)[C@@H]1O. The zero-order chi connectivity index (χ0) is 25.1. The molecule has 1 aromatic rings. The highest BCUT2D eigenvalue weighted by molar-refractivity contribution is 7.49. The Morgan fingerprint density at radius 2 is 2.32 bits per heavy atom. The molecule has 3 aliphatic heterocycles. The third-order valence-corrected chi connectivity index (χ3v) is 5.68. The van der Waals surface area contributed by atoms with Gasteiger partial charge in [-0.05, 0) is 6.07 Å². The van der Waals surface area contributed by atoms with Crippen molar-refractivity contribution in [3.05, 3.63) is 48.4 Å². The Balaban J connectivity index is 1.63. The summed E-state index contributed by atoms with van der Waals surface area (Å²) in [5.74, 6) is -4.89. The summed E-state index contributed by atoms with van der Waals surface area (Å²) in [5, 5.41) is 23.0. The summed E-state index contributed by atoms with van der Waals surface area (Å²) in [6.45, 7) is -0.712. The average molecular weight is 461 g/mol. The number of ether oxygens (including phenoxy) is 2. The number of nitrogens with zero attached hydrogens (tertiary/aromatic N) is 1. The van der Waals surface area contributed by atoms with Crippen molar-refractivity contribution in [2.24, 2.45) is 0 Å². The van der Waals surface area contributed by atoms with Crippen LogP contribution in [-0.2, 0) is 29.8 Å². The lowest BCUT2D eigenvalue weighted by atomic mass is 10.1. The van der Waals surface area contributed by atoms with Crippen molar-refractivity contribution in [2.45, 2.75) is 30.9 Å². The largest absolute Gasteiger partial charge is 0.530 e. The van der Waals surface area contributed by atoms with Crippen LogP contribution in [0.1, 0.15) is 9.68 Å². The predicted octanol–water partition coefficient (Wildman–Crippen LogP) is 0.889. The standard InChI is InChI=1S/C18H20FN2O9P/c1-10-20-13(22)6-7-21(10)17-14(23)16(24)18(19,29-17)9-28-31(25)27-8-11-4-3-5-12(26-2)15(11)30-31/h3-7,14,16-17,23-24H,1,8-9H2,2H3,(H,20,22)/t14-,16+,17-,18-,31?/m1/s1/i9D2,17D. The van der Waals surface area contributed by atoms with E-state index in [0.29, 0.717) is 10.5 Å². The summed E-state index contributed by atoms with van der Waals surface area (Å²) < 4.78 is 78.4. The topological polar surface area (TPSA) is 136 Å². The molecule has 4 rings (SSSR count). The van der Waals surface area contributed by atoms with Crippen molar-refractivity contribution in [2.75, 3.05) is 13.7 Å². The number of carbonyl (C=O) groups excluding carboxylic acids is 1. The quantitative estimate of drug-likeness (QED) is 0.543. The van der Waals surface area contributed by atoms with Crippen LogP contribution in [0.4, 0.5) is 4.39 Å². The molecular formula is C18H20FN2O9P. The molecule has 3 heterocycles. The van der Waals surface area contributed by atoms with Crippen LogP contribution >= 0.6 is 7.82 Å². The third-order valence-electron chi connectivity index (χ3n) is 4.51. The third kappa shape index (κ3) is 3.93. The van der Waals surface area contributed by atoms with Crippen LogP contribution in [-0.4, -0.2) is 59.0 Å². The van der Waals surface area contributed by atoms with Crippen molar-refractivity contribution in [3.63, 3.8) is 0 Å². The number of hydrogen-bond acceptors (Lipinski definition) is 10. The van der Waals surface area contributed by atoms with Crippen LogP contribution in [0, 0.1) is 0 Å². The van der Waals surface area contributed by atoms with E-state index in [1.165, 1.54) is 13.2 Å². The van der Waals surface area contributed by atoms with E-state index >= 15 is 4.39 Å². The lowest BCUT2D eigenvalue weighted by Crippen LogP contribution is -2.46. The molecule has 1 amide bonds. The molecule has 5 atom stereocenters. The van der Waals surface area contributed by atoms with Crippen LogP contribution in [0.15, 0.2) is 42.9 Å². The summed E-state index contributed by atoms with van der Waals surface area (Å²) in [7, 11) is -3.57. The van der Waals surface area contributed by atoms with Crippen molar-refractivity contribution in [3.8, 4) is 11.5 Å². The van der Waals surface area contributed by atoms with E-state index in [2.05, 4.69) is 11.9 Å². The Hall–Kier alpha value is -2.47. The van der Waals surface area contributed by atoms with Gasteiger partial charge in [-0.2, -0.15) is 0 Å². The molecule has 13 heteroatoms. The second-order valence-corrected chi connectivity index (χ2v) is 8.07. The molecule has 1 unspecified atom stereocenters. The van der Waals surface area contributed by atoms with Gasteiger partial charge in [-0.1, -0.05) is 18.7 Å². The minimum Gasteiger partial charge on any atom is -0.493 e. The first-order valence-electron chi connectivity index (χ1n) is 10.3. The Morgan fingerprint density at radius 1 is 1.55 bits per heavy atom. The molecule has 0 radical (unpaired) electrons. The number of fused-ring (bicyclic) bond motifs is 1. The van der Waals surface area contributed by atoms with E-state index < -0.39 is 44.6 Å². The van der Waals surface area contributed by atoms with Gasteiger partial charge in [0.25, 0.3) is 11.8 Å². The molecule has 3 aliphatic rings. The van der Waals surface area contributed by atoms with Crippen LogP contribution in [0.2, 0.25) is 0 Å². The molecule has 0 aliphatic carbocycles. The van der Waals surface area contributed by atoms with Crippen LogP contribution < -0.4 is 14.6 Å². The number of hydrogen-bond donors (Lipinski definition) is 3. The summed E-state index contributed by atoms with van der Waals surface area (Å²) in [4.78, 5) is 12.1. The smallest absolute Gasteiger partial charge is 0.493 e. The molecule has 3 N–H and O–H groups in total. The Morgan fingerprint density at radius 3 is 3.03 bits per heavy atom. The highest BCUT2D eigenvalue weighted by Gasteiger charge is 2.58. The van der Waals surface area contributed by atoms with Crippen molar-refractivity contribution in [1.29, 1.82) is 0 Å². The van der Waals surface area contributed by atoms with Gasteiger partial charge in [0.2, 0.25) is 0 Å². The first-order valence-corrected chi connectivity index (χ1v) is 10.3. The molecule has 11 nitrogen and oxygen atoms in total. The van der Waals surface area contributed by atoms with E-state index in [1.54, 1.807) is 12.1 Å². The van der Waals surface area contributed by atoms with Gasteiger partial charge in [-0.25, -0.2) is 8.96 Å². The lowest BCUT2D eigenvalue weighted by Gasteiger charge is -2.32. The van der Waals surface area contributed by atoms with Crippen LogP contribution in [0.3, 0.4) is 0 Å². The summed E-state index contributed by atoms with van der Waals surface area (Å²) >= 11 is 0. The number of para-hydroxylation sites is 1. The highest BCUT2D eigenvalue weighted by Crippen LogP contribution is 2.57. The number of aliphatic hydroxyl groups is 2. The summed E-state index contributed by atoms with van der Waals surface area (Å²) in [5.41, 5.74) is 0.389. The number of rotatable bonds is 5. The zero-order valence-corrected chi connectivity index (χ0v) is 16.9. The van der Waals surface area contributed by atoms with Crippen molar-refractivity contribution >= 4 is 13.7 Å². The first-order chi connectivity index (χ1) is 15.8. The number of phosphoric ester groups is 1. The van der Waals surface area contributed by atoms with Gasteiger partial charge >= 0.3 is 7.82 Å². The van der Waals surface area contributed by atoms with Gasteiger partial charge < -0.3 is 34.4 Å². The van der Waals surface area contributed by atoms with Crippen molar-refractivity contribution < 1.29 is 51.1 Å². The maximum absolute atomic E-state index is 15.9. The monoisotopic (exact) mass is 461 g/mol. The minimum absolute atomic E-state index is 0.0865. The van der Waals surface area contributed by atoms with Gasteiger partial charge in [-0.15, -0.1) is 0 Å². The number of phosphoric acid groups is 1. The number of methoxy groups -OCH3 is 1. The summed E-state index contributed by atoms with van der Waals surface area (Å²) in [6, 6.07) is 4.62. The summed E-state index contributed by atoms with van der Waals surface area (Å²) in [6.07, 6.45) is -6.22. The molecule has 1 fully saturated rings. The molecule has 0 bridgehead atoms. The number of aliphatic hydroxyl groups excluding tert-OH is 2. The first kappa shape index (κ1) is 18.1. The van der Waals surface area contributed by atoms with Gasteiger partial charge in [-0.3, -0.25) is 13.8 Å². The highest BCUT2D eigenvalue weighted by atomic mass is 31.2. The molecule has 0 spiro atoms. The zero-order valence-electron chi connectivity index (χ0n) is 19.0. The van der Waals surface area contributed by atoms with Gasteiger partial charge in [0.05, 0.1) is 17.8 Å². The van der Waals surface area contributed by atoms with Gasteiger partial charge in [0, 0.05) is 17.8 Å². The lowest BCUT2D eigenvalue weighted by molar-refractivity contribution is -0.208. The van der Waals surface area contributed by atoms with Gasteiger partial charge in [0.1, 0.15) is 24.6 Å². The average Bonchev–Trinajstić information content (AvgIpc) is 2.94. The maximum atomic E-state index is 15.9. The van der Waals surface area contributed by atoms with Gasteiger partial charge in [0.15, 0.2) is 17.7 Å². The molecule has 1 aromatic carbocycles. The number of amides is 1. The second-order valence-electron chi connectivity index (χ2n) is 6.55. The van der Waals surface area contributed by atoms with Crippen LogP contribution in [0.25, 0.3) is 0 Å². The fourth-order valence-electron chi connectivity index (χ4n) is 2.96. The molecule has 0 saturated carbocycles. The number of nitrogens with one attached hydrogen (secondary N) is 1. The second kappa shape index (κ2) is 7.90. The number of benzene rings is 1. The van der Waals surface area contributed by atoms with E-state index in [1.807, 2.05) is 0 Å². The molecule has 1 saturated heterocycles. The molecule has 168 valence electrons. The van der Waals surface area contributed by atoms with E-state index in [0.717, 1.165) is 12.3 Å². The molecular weight excluding hydrogens is 438 g/mol. The maximum Gasteiger partial charge on any atom is 0.530 e. The fourth-order valence-corrected chi connectivity index (χ4v) is 4.06. The minimum atomic E-state index is -4.87. The Labute approximate surface area is 180 Å². The fraction of sp³-hybridized carbons (Fsp3) is 0.389. The Kier molecular flexibility index (Phi) is 4.62. The predicted molar refractivity (Wildman–Crippen MR) is 101 cm³/mol. The molecule has 0 aromatic heterocycles.